The molecule has 8 unspecified atom stereocenters. The Hall–Kier alpha value is -0.300. The normalized spacial score (nSPS) is 61.8. The third-order valence-electron chi connectivity index (χ3n) is 7.89. The Morgan fingerprint density at radius 1 is 0.895 bits per heavy atom. The fourth-order valence-corrected chi connectivity index (χ4v) is 7.06. The molecule has 1 nitrogen and oxygen atoms in total. The van der Waals surface area contributed by atoms with E-state index in [0.717, 1.165) is 36.0 Å². The van der Waals surface area contributed by atoms with Crippen molar-refractivity contribution in [2.45, 2.75) is 57.5 Å². The highest BCUT2D eigenvalue weighted by molar-refractivity contribution is 5.18. The van der Waals surface area contributed by atoms with Crippen LogP contribution in [0.15, 0.2) is 12.2 Å². The van der Waals surface area contributed by atoms with E-state index in [4.69, 9.17) is 0 Å². The molecule has 0 heterocycles. The molecule has 0 aliphatic heterocycles. The van der Waals surface area contributed by atoms with Crippen molar-refractivity contribution in [3.8, 4) is 0 Å². The molecule has 5 rings (SSSR count). The van der Waals surface area contributed by atoms with Gasteiger partial charge in [0.1, 0.15) is 0 Å². The molecule has 5 aliphatic rings. The van der Waals surface area contributed by atoms with Crippen LogP contribution in [0.25, 0.3) is 0 Å². The third kappa shape index (κ3) is 1.36. The average molecular weight is 258 g/mol. The molecule has 104 valence electrons. The SMILES string of the molecule is OC1CCC2C3CCC4C=CCC4C3CCC23CC13. The first-order valence-corrected chi connectivity index (χ1v) is 8.64. The van der Waals surface area contributed by atoms with E-state index in [0.29, 0.717) is 11.3 Å². The van der Waals surface area contributed by atoms with E-state index < -0.39 is 0 Å². The van der Waals surface area contributed by atoms with Gasteiger partial charge in [0.25, 0.3) is 0 Å². The maximum atomic E-state index is 10.2. The summed E-state index contributed by atoms with van der Waals surface area (Å²) in [7, 11) is 0. The van der Waals surface area contributed by atoms with Crippen LogP contribution in [0.5, 0.6) is 0 Å². The molecule has 1 heteroatoms. The van der Waals surface area contributed by atoms with E-state index in [1.807, 2.05) is 0 Å². The van der Waals surface area contributed by atoms with Crippen molar-refractivity contribution < 1.29 is 5.11 Å². The Labute approximate surface area is 116 Å². The van der Waals surface area contributed by atoms with Crippen LogP contribution in [0.3, 0.4) is 0 Å². The topological polar surface area (TPSA) is 20.2 Å². The van der Waals surface area contributed by atoms with E-state index in [-0.39, 0.29) is 6.10 Å². The molecule has 4 fully saturated rings. The Kier molecular flexibility index (Phi) is 2.19. The molecule has 0 aromatic rings. The highest BCUT2D eigenvalue weighted by Gasteiger charge is 2.67. The second kappa shape index (κ2) is 3.67. The fourth-order valence-electron chi connectivity index (χ4n) is 7.06. The van der Waals surface area contributed by atoms with Gasteiger partial charge in [-0.25, -0.2) is 0 Å². The van der Waals surface area contributed by atoms with Gasteiger partial charge in [0, 0.05) is 0 Å². The summed E-state index contributed by atoms with van der Waals surface area (Å²) in [5, 5.41) is 10.2. The van der Waals surface area contributed by atoms with Crippen LogP contribution in [-0.4, -0.2) is 11.2 Å². The highest BCUT2D eigenvalue weighted by Crippen LogP contribution is 2.73. The van der Waals surface area contributed by atoms with Crippen LogP contribution < -0.4 is 0 Å². The lowest BCUT2D eigenvalue weighted by Gasteiger charge is -2.53. The Bertz CT molecular complexity index is 427. The Balaban J connectivity index is 1.45. The zero-order valence-corrected chi connectivity index (χ0v) is 11.8. The molecule has 8 atom stereocenters. The minimum atomic E-state index is 0.0530. The monoisotopic (exact) mass is 258 g/mol. The molecule has 19 heavy (non-hydrogen) atoms. The van der Waals surface area contributed by atoms with Gasteiger partial charge < -0.3 is 5.11 Å². The minimum Gasteiger partial charge on any atom is -0.393 e. The Morgan fingerprint density at radius 2 is 1.84 bits per heavy atom. The summed E-state index contributed by atoms with van der Waals surface area (Å²) in [6.45, 7) is 0. The quantitative estimate of drug-likeness (QED) is 0.656. The zero-order valence-electron chi connectivity index (χ0n) is 11.8. The molecule has 0 bridgehead atoms. The van der Waals surface area contributed by atoms with Gasteiger partial charge in [-0.05, 0) is 92.3 Å². The maximum absolute atomic E-state index is 10.2. The number of hydrogen-bond donors (Lipinski definition) is 1. The lowest BCUT2D eigenvalue weighted by molar-refractivity contribution is -0.0509. The van der Waals surface area contributed by atoms with E-state index in [1.54, 1.807) is 0 Å². The molecule has 0 amide bonds. The standard InChI is InChI=1S/C18H26O/c19-17-7-6-15-14-5-4-11-2-1-3-12(11)13(14)8-9-18(15)10-16(17)18/h1-2,11-17,19H,3-10H2. The minimum absolute atomic E-state index is 0.0530. The molecular weight excluding hydrogens is 232 g/mol. The zero-order chi connectivity index (χ0) is 12.6. The van der Waals surface area contributed by atoms with Gasteiger partial charge in [-0.2, -0.15) is 0 Å². The Morgan fingerprint density at radius 3 is 2.79 bits per heavy atom. The number of rotatable bonds is 0. The number of aliphatic hydroxyl groups is 1. The predicted molar refractivity (Wildman–Crippen MR) is 75.5 cm³/mol. The van der Waals surface area contributed by atoms with Gasteiger partial charge in [-0.1, -0.05) is 12.2 Å². The van der Waals surface area contributed by atoms with Gasteiger partial charge >= 0.3 is 0 Å². The molecule has 0 aromatic heterocycles. The molecule has 4 saturated carbocycles. The van der Waals surface area contributed by atoms with E-state index in [9.17, 15) is 5.11 Å². The van der Waals surface area contributed by atoms with Crippen LogP contribution in [0.1, 0.15) is 51.4 Å². The predicted octanol–water partition coefficient (Wildman–Crippen LogP) is 3.78. The van der Waals surface area contributed by atoms with Crippen molar-refractivity contribution in [2.24, 2.45) is 40.9 Å². The summed E-state index contributed by atoms with van der Waals surface area (Å²) >= 11 is 0. The van der Waals surface area contributed by atoms with Crippen molar-refractivity contribution in [1.82, 2.24) is 0 Å². The van der Waals surface area contributed by atoms with E-state index in [1.165, 1.54) is 44.9 Å². The van der Waals surface area contributed by atoms with Crippen molar-refractivity contribution in [3.63, 3.8) is 0 Å². The fraction of sp³-hybridized carbons (Fsp3) is 0.889. The van der Waals surface area contributed by atoms with Gasteiger partial charge in [0.05, 0.1) is 6.10 Å². The molecule has 5 aliphatic carbocycles. The molecule has 0 aromatic carbocycles. The number of fused-ring (bicyclic) bond motifs is 4. The van der Waals surface area contributed by atoms with Crippen molar-refractivity contribution in [2.75, 3.05) is 0 Å². The second-order valence-corrected chi connectivity index (χ2v) is 8.23. The summed E-state index contributed by atoms with van der Waals surface area (Å²) < 4.78 is 0. The molecule has 0 saturated heterocycles. The third-order valence-corrected chi connectivity index (χ3v) is 7.89. The lowest BCUT2D eigenvalue weighted by Crippen LogP contribution is -2.46. The summed E-state index contributed by atoms with van der Waals surface area (Å²) in [6.07, 6.45) is 16.1. The molecule has 1 N–H and O–H groups in total. The van der Waals surface area contributed by atoms with Gasteiger partial charge in [0.15, 0.2) is 0 Å². The van der Waals surface area contributed by atoms with Gasteiger partial charge in [0.2, 0.25) is 0 Å². The summed E-state index contributed by atoms with van der Waals surface area (Å²) in [4.78, 5) is 0. The average Bonchev–Trinajstić information content (AvgIpc) is 2.96. The smallest absolute Gasteiger partial charge is 0.0574 e. The first-order chi connectivity index (χ1) is 9.29. The molecular formula is C18H26O. The second-order valence-electron chi connectivity index (χ2n) is 8.23. The molecule has 1 spiro atoms. The van der Waals surface area contributed by atoms with Crippen LogP contribution in [0.2, 0.25) is 0 Å². The van der Waals surface area contributed by atoms with Crippen molar-refractivity contribution in [1.29, 1.82) is 0 Å². The van der Waals surface area contributed by atoms with Gasteiger partial charge in [-0.3, -0.25) is 0 Å². The first kappa shape index (κ1) is 11.4. The van der Waals surface area contributed by atoms with Crippen molar-refractivity contribution >= 4 is 0 Å². The van der Waals surface area contributed by atoms with E-state index in [2.05, 4.69) is 12.2 Å². The van der Waals surface area contributed by atoms with Crippen molar-refractivity contribution in [3.05, 3.63) is 12.2 Å². The maximum Gasteiger partial charge on any atom is 0.0574 e. The number of aliphatic hydroxyl groups excluding tert-OH is 1. The lowest BCUT2D eigenvalue weighted by atomic mass is 9.52. The number of allylic oxidation sites excluding steroid dienone is 2. The van der Waals surface area contributed by atoms with Crippen LogP contribution >= 0.6 is 0 Å². The summed E-state index contributed by atoms with van der Waals surface area (Å²) in [5.74, 6) is 5.67. The first-order valence-electron chi connectivity index (χ1n) is 8.64. The largest absolute Gasteiger partial charge is 0.393 e. The van der Waals surface area contributed by atoms with Crippen LogP contribution in [0.4, 0.5) is 0 Å². The summed E-state index contributed by atoms with van der Waals surface area (Å²) in [6, 6.07) is 0. The van der Waals surface area contributed by atoms with E-state index >= 15 is 0 Å². The van der Waals surface area contributed by atoms with Gasteiger partial charge in [-0.15, -0.1) is 0 Å². The molecule has 0 radical (unpaired) electrons. The summed E-state index contributed by atoms with van der Waals surface area (Å²) in [5.41, 5.74) is 0.623. The van der Waals surface area contributed by atoms with Crippen LogP contribution in [-0.2, 0) is 0 Å². The van der Waals surface area contributed by atoms with Crippen LogP contribution in [0, 0.1) is 40.9 Å². The number of hydrogen-bond acceptors (Lipinski definition) is 1. The highest BCUT2D eigenvalue weighted by atomic mass is 16.3.